The zero-order valence-electron chi connectivity index (χ0n) is 14.9. The highest BCUT2D eigenvalue weighted by molar-refractivity contribution is 5.98. The van der Waals surface area contributed by atoms with Crippen LogP contribution < -0.4 is 10.6 Å². The third-order valence-corrected chi connectivity index (χ3v) is 5.03. The lowest BCUT2D eigenvalue weighted by Crippen LogP contribution is -2.36. The van der Waals surface area contributed by atoms with E-state index in [9.17, 15) is 8.78 Å². The lowest BCUT2D eigenvalue weighted by Gasteiger charge is -2.29. The number of aromatic nitrogens is 3. The molecule has 0 atom stereocenters. The molecule has 0 saturated carbocycles. The lowest BCUT2D eigenvalue weighted by molar-refractivity contribution is 0.122. The minimum atomic E-state index is -0.389. The number of morpholine rings is 1. The first-order chi connectivity index (χ1) is 13.6. The molecule has 3 heterocycles. The van der Waals surface area contributed by atoms with Crippen LogP contribution in [-0.2, 0) is 4.74 Å². The highest BCUT2D eigenvalue weighted by Crippen LogP contribution is 2.33. The number of H-pyrrole nitrogens is 1. The monoisotopic (exact) mass is 381 g/mol. The molecule has 28 heavy (non-hydrogen) atoms. The van der Waals surface area contributed by atoms with Crippen molar-refractivity contribution >= 4 is 33.3 Å². The van der Waals surface area contributed by atoms with E-state index in [4.69, 9.17) is 10.5 Å². The van der Waals surface area contributed by atoms with Crippen molar-refractivity contribution in [1.82, 2.24) is 15.0 Å². The Bertz CT molecular complexity index is 1200. The van der Waals surface area contributed by atoms with Gasteiger partial charge in [0, 0.05) is 30.7 Å². The minimum absolute atomic E-state index is 0.323. The maximum atomic E-state index is 14.6. The second-order valence-corrected chi connectivity index (χ2v) is 6.75. The van der Waals surface area contributed by atoms with Crippen molar-refractivity contribution in [3.63, 3.8) is 0 Å². The number of hydrogen-bond acceptors (Lipinski definition) is 5. The summed E-state index contributed by atoms with van der Waals surface area (Å²) in [6, 6.07) is 7.42. The second-order valence-electron chi connectivity index (χ2n) is 6.75. The van der Waals surface area contributed by atoms with Crippen molar-refractivity contribution in [3.05, 3.63) is 48.2 Å². The van der Waals surface area contributed by atoms with Gasteiger partial charge in [-0.05, 0) is 24.3 Å². The van der Waals surface area contributed by atoms with E-state index in [1.807, 2.05) is 4.90 Å². The van der Waals surface area contributed by atoms with Crippen LogP contribution in [0.2, 0.25) is 0 Å². The van der Waals surface area contributed by atoms with Crippen LogP contribution in [-0.4, -0.2) is 41.3 Å². The summed E-state index contributed by atoms with van der Waals surface area (Å²) in [6.07, 6.45) is 1.59. The molecule has 6 nitrogen and oxygen atoms in total. The van der Waals surface area contributed by atoms with Crippen molar-refractivity contribution in [2.45, 2.75) is 0 Å². The number of nitrogens with one attached hydrogen (secondary N) is 1. The molecule has 5 rings (SSSR count). The molecule has 0 aliphatic carbocycles. The third kappa shape index (κ3) is 2.73. The molecule has 0 amide bonds. The summed E-state index contributed by atoms with van der Waals surface area (Å²) in [7, 11) is 0. The van der Waals surface area contributed by atoms with Crippen molar-refractivity contribution in [1.29, 1.82) is 0 Å². The Labute approximate surface area is 158 Å². The molecule has 8 heteroatoms. The summed E-state index contributed by atoms with van der Waals surface area (Å²) >= 11 is 0. The minimum Gasteiger partial charge on any atom is -0.398 e. The van der Waals surface area contributed by atoms with Crippen LogP contribution in [0.4, 0.5) is 20.2 Å². The highest BCUT2D eigenvalue weighted by atomic mass is 19.1. The van der Waals surface area contributed by atoms with Crippen LogP contribution >= 0.6 is 0 Å². The predicted octanol–water partition coefficient (Wildman–Crippen LogP) is 3.48. The van der Waals surface area contributed by atoms with Gasteiger partial charge in [0.05, 0.1) is 46.7 Å². The van der Waals surface area contributed by atoms with E-state index in [2.05, 4.69) is 15.0 Å². The van der Waals surface area contributed by atoms with E-state index in [0.29, 0.717) is 71.0 Å². The smallest absolute Gasteiger partial charge is 0.148 e. The van der Waals surface area contributed by atoms with E-state index >= 15 is 0 Å². The number of nitrogens with two attached hydrogens (primary N) is 1. The van der Waals surface area contributed by atoms with Crippen LogP contribution in [0.15, 0.2) is 36.5 Å². The van der Waals surface area contributed by atoms with Gasteiger partial charge in [-0.1, -0.05) is 0 Å². The van der Waals surface area contributed by atoms with E-state index < -0.39 is 0 Å². The van der Waals surface area contributed by atoms with Gasteiger partial charge in [0.1, 0.15) is 17.5 Å². The van der Waals surface area contributed by atoms with Crippen molar-refractivity contribution in [3.8, 4) is 11.4 Å². The zero-order valence-corrected chi connectivity index (χ0v) is 14.9. The van der Waals surface area contributed by atoms with Crippen LogP contribution in [0.25, 0.3) is 33.3 Å². The molecular formula is C20H17F2N5O. The number of ether oxygens (including phenoxy) is 1. The molecule has 1 fully saturated rings. The Kier molecular flexibility index (Phi) is 3.87. The first kappa shape index (κ1) is 16.9. The number of nitrogens with zero attached hydrogens (tertiary/aromatic N) is 3. The zero-order chi connectivity index (χ0) is 19.3. The average molecular weight is 381 g/mol. The molecule has 0 radical (unpaired) electrons. The Hall–Kier alpha value is -3.26. The number of imidazole rings is 1. The normalized spacial score (nSPS) is 14.9. The molecular weight excluding hydrogens is 364 g/mol. The molecule has 2 aromatic carbocycles. The van der Waals surface area contributed by atoms with Gasteiger partial charge in [0.2, 0.25) is 0 Å². The largest absolute Gasteiger partial charge is 0.398 e. The predicted molar refractivity (Wildman–Crippen MR) is 104 cm³/mol. The number of pyridine rings is 1. The van der Waals surface area contributed by atoms with E-state index in [0.717, 1.165) is 0 Å². The number of halogens is 2. The van der Waals surface area contributed by atoms with Crippen LogP contribution in [0.5, 0.6) is 0 Å². The first-order valence-corrected chi connectivity index (χ1v) is 8.96. The Morgan fingerprint density at radius 3 is 2.71 bits per heavy atom. The van der Waals surface area contributed by atoms with Gasteiger partial charge in [-0.15, -0.1) is 0 Å². The second kappa shape index (κ2) is 6.42. The summed E-state index contributed by atoms with van der Waals surface area (Å²) < 4.78 is 33.6. The highest BCUT2D eigenvalue weighted by Gasteiger charge is 2.18. The Morgan fingerprint density at radius 1 is 1.07 bits per heavy atom. The molecule has 4 aromatic rings. The summed E-state index contributed by atoms with van der Waals surface area (Å²) in [5.41, 5.74) is 9.45. The number of nitrogen functional groups attached to an aromatic ring is 1. The molecule has 0 unspecified atom stereocenters. The van der Waals surface area contributed by atoms with Gasteiger partial charge < -0.3 is 20.4 Å². The SMILES string of the molecule is Nc1c(-c2nc3cc(N4CCOCC4)c(F)cc3[nH]2)cnc2ccc(F)cc12. The molecule has 2 aromatic heterocycles. The number of anilines is 2. The summed E-state index contributed by atoms with van der Waals surface area (Å²) in [4.78, 5) is 14.0. The lowest BCUT2D eigenvalue weighted by atomic mass is 10.1. The third-order valence-electron chi connectivity index (χ3n) is 5.03. The van der Waals surface area contributed by atoms with Crippen LogP contribution in [0.3, 0.4) is 0 Å². The number of aromatic amines is 1. The first-order valence-electron chi connectivity index (χ1n) is 8.96. The van der Waals surface area contributed by atoms with Gasteiger partial charge in [0.15, 0.2) is 0 Å². The number of fused-ring (bicyclic) bond motifs is 2. The van der Waals surface area contributed by atoms with Gasteiger partial charge in [-0.2, -0.15) is 0 Å². The van der Waals surface area contributed by atoms with Gasteiger partial charge in [-0.3, -0.25) is 4.98 Å². The molecule has 1 saturated heterocycles. The Balaban J connectivity index is 1.62. The number of benzene rings is 2. The van der Waals surface area contributed by atoms with Crippen molar-refractivity contribution in [2.75, 3.05) is 36.9 Å². The molecule has 142 valence electrons. The molecule has 3 N–H and O–H groups in total. The maximum Gasteiger partial charge on any atom is 0.148 e. The number of hydrogen-bond donors (Lipinski definition) is 2. The van der Waals surface area contributed by atoms with Gasteiger partial charge >= 0.3 is 0 Å². The van der Waals surface area contributed by atoms with Gasteiger partial charge in [0.25, 0.3) is 0 Å². The van der Waals surface area contributed by atoms with Crippen molar-refractivity contribution in [2.24, 2.45) is 0 Å². The quantitative estimate of drug-likeness (QED) is 0.556. The van der Waals surface area contributed by atoms with E-state index in [1.165, 1.54) is 18.2 Å². The molecule has 1 aliphatic rings. The fraction of sp³-hybridized carbons (Fsp3) is 0.200. The number of rotatable bonds is 2. The van der Waals surface area contributed by atoms with E-state index in [1.54, 1.807) is 18.3 Å². The molecule has 0 bridgehead atoms. The summed E-state index contributed by atoms with van der Waals surface area (Å²) in [6.45, 7) is 2.40. The van der Waals surface area contributed by atoms with E-state index in [-0.39, 0.29) is 11.6 Å². The molecule has 0 spiro atoms. The molecule has 1 aliphatic heterocycles. The van der Waals surface area contributed by atoms with Crippen LogP contribution in [0, 0.1) is 11.6 Å². The fourth-order valence-corrected chi connectivity index (χ4v) is 3.57. The van der Waals surface area contributed by atoms with Crippen molar-refractivity contribution < 1.29 is 13.5 Å². The Morgan fingerprint density at radius 2 is 1.89 bits per heavy atom. The van der Waals surface area contributed by atoms with Crippen LogP contribution in [0.1, 0.15) is 0 Å². The van der Waals surface area contributed by atoms with Gasteiger partial charge in [-0.25, -0.2) is 13.8 Å². The average Bonchev–Trinajstić information content (AvgIpc) is 3.11. The topological polar surface area (TPSA) is 80.1 Å². The fourth-order valence-electron chi connectivity index (χ4n) is 3.57. The standard InChI is InChI=1S/C20H17F2N5O/c21-11-1-2-15-12(7-11)19(23)13(10-24-15)20-25-16-8-14(22)18(9-17(16)26-20)27-3-5-28-6-4-27/h1-2,7-10H,3-6H2,(H2,23,24)(H,25,26). The summed E-state index contributed by atoms with van der Waals surface area (Å²) in [5, 5.41) is 0.512. The summed E-state index contributed by atoms with van der Waals surface area (Å²) in [5.74, 6) is -0.249. The maximum absolute atomic E-state index is 14.6.